The monoisotopic (exact) mass is 365 g/mol. The second kappa shape index (κ2) is 7.96. The molecule has 1 aromatic heterocycles. The first kappa shape index (κ1) is 17.9. The smallest absolute Gasteiger partial charge is 0.312 e. The van der Waals surface area contributed by atoms with Gasteiger partial charge in [-0.3, -0.25) is 15.1 Å². The van der Waals surface area contributed by atoms with Crippen molar-refractivity contribution in [3.8, 4) is 0 Å². The Bertz CT molecular complexity index is 1000. The van der Waals surface area contributed by atoms with E-state index in [4.69, 9.17) is 4.84 Å². The normalized spacial score (nSPS) is 11.1. The second-order valence-corrected chi connectivity index (χ2v) is 5.37. The lowest BCUT2D eigenvalue weighted by Gasteiger charge is -2.07. The van der Waals surface area contributed by atoms with Crippen molar-refractivity contribution in [2.24, 2.45) is 5.16 Å². The minimum absolute atomic E-state index is 0.0107. The molecule has 0 aliphatic carbocycles. The van der Waals surface area contributed by atoms with E-state index in [1.54, 1.807) is 12.1 Å². The van der Waals surface area contributed by atoms with E-state index in [1.807, 2.05) is 0 Å². The van der Waals surface area contributed by atoms with Crippen molar-refractivity contribution < 1.29 is 18.9 Å². The maximum absolute atomic E-state index is 13.3. The van der Waals surface area contributed by atoms with Gasteiger partial charge in [-0.1, -0.05) is 11.2 Å². The largest absolute Gasteiger partial charge is 0.365 e. The zero-order valence-electron chi connectivity index (χ0n) is 13.8. The highest BCUT2D eigenvalue weighted by Crippen LogP contribution is 2.16. The summed E-state index contributed by atoms with van der Waals surface area (Å²) in [5, 5.41) is 14.7. The lowest BCUT2D eigenvalue weighted by Crippen LogP contribution is -2.08. The van der Waals surface area contributed by atoms with Gasteiger partial charge in [0.15, 0.2) is 0 Å². The minimum atomic E-state index is -0.831. The lowest BCUT2D eigenvalue weighted by molar-refractivity contribution is -0.384. The topological polar surface area (TPSA) is 94.7 Å². The number of aromatic nitrogens is 1. The molecule has 0 N–H and O–H groups in total. The number of pyridine rings is 1. The SMILES string of the molecule is O=C(O/N=C(/c1ccncc1)c1ccc([N+](=O)[O-])cc1)c1cccc(F)c1. The van der Waals surface area contributed by atoms with Crippen molar-refractivity contribution in [1.82, 2.24) is 4.98 Å². The van der Waals surface area contributed by atoms with Crippen LogP contribution < -0.4 is 0 Å². The number of oxime groups is 1. The number of benzene rings is 2. The molecular weight excluding hydrogens is 353 g/mol. The summed E-state index contributed by atoms with van der Waals surface area (Å²) in [6.45, 7) is 0. The summed E-state index contributed by atoms with van der Waals surface area (Å²) in [4.78, 5) is 31.3. The van der Waals surface area contributed by atoms with E-state index in [-0.39, 0.29) is 17.0 Å². The predicted molar refractivity (Wildman–Crippen MR) is 94.8 cm³/mol. The number of rotatable bonds is 5. The maximum Gasteiger partial charge on any atom is 0.365 e. The van der Waals surface area contributed by atoms with E-state index < -0.39 is 16.7 Å². The van der Waals surface area contributed by atoms with Gasteiger partial charge >= 0.3 is 5.97 Å². The van der Waals surface area contributed by atoms with Crippen molar-refractivity contribution in [3.05, 3.63) is 106 Å². The summed E-state index contributed by atoms with van der Waals surface area (Å²) in [5.74, 6) is -1.40. The first-order chi connectivity index (χ1) is 13.0. The van der Waals surface area contributed by atoms with Crippen molar-refractivity contribution >= 4 is 17.4 Å². The van der Waals surface area contributed by atoms with Gasteiger partial charge in [0, 0.05) is 35.7 Å². The number of nitro groups is 1. The van der Waals surface area contributed by atoms with Crippen LogP contribution in [0.25, 0.3) is 0 Å². The Morgan fingerprint density at radius 1 is 1.00 bits per heavy atom. The molecule has 0 radical (unpaired) electrons. The number of hydrogen-bond donors (Lipinski definition) is 0. The predicted octanol–water partition coefficient (Wildman–Crippen LogP) is 3.74. The van der Waals surface area contributed by atoms with Crippen LogP contribution in [0.2, 0.25) is 0 Å². The van der Waals surface area contributed by atoms with Crippen LogP contribution in [0, 0.1) is 15.9 Å². The molecule has 7 nitrogen and oxygen atoms in total. The van der Waals surface area contributed by atoms with Crippen LogP contribution in [-0.4, -0.2) is 21.6 Å². The van der Waals surface area contributed by atoms with E-state index in [0.29, 0.717) is 11.1 Å². The van der Waals surface area contributed by atoms with Gasteiger partial charge in [-0.25, -0.2) is 9.18 Å². The summed E-state index contributed by atoms with van der Waals surface area (Å²) in [5.41, 5.74) is 1.29. The minimum Gasteiger partial charge on any atom is -0.312 e. The number of nitro benzene ring substituents is 1. The molecule has 134 valence electrons. The van der Waals surface area contributed by atoms with Gasteiger partial charge in [-0.15, -0.1) is 0 Å². The van der Waals surface area contributed by atoms with Crippen LogP contribution in [0.15, 0.2) is 78.2 Å². The fourth-order valence-corrected chi connectivity index (χ4v) is 2.28. The van der Waals surface area contributed by atoms with Crippen LogP contribution in [0.1, 0.15) is 21.5 Å². The maximum atomic E-state index is 13.3. The molecule has 27 heavy (non-hydrogen) atoms. The molecule has 0 saturated carbocycles. The Balaban J connectivity index is 1.93. The highest BCUT2D eigenvalue weighted by atomic mass is 19.1. The van der Waals surface area contributed by atoms with Crippen molar-refractivity contribution in [3.63, 3.8) is 0 Å². The average molecular weight is 365 g/mol. The number of carbonyl (C=O) groups excluding carboxylic acids is 1. The quantitative estimate of drug-likeness (QED) is 0.297. The summed E-state index contributed by atoms with van der Waals surface area (Å²) in [7, 11) is 0. The highest BCUT2D eigenvalue weighted by molar-refractivity contribution is 6.12. The first-order valence-electron chi connectivity index (χ1n) is 7.75. The Morgan fingerprint density at radius 2 is 1.67 bits per heavy atom. The molecular formula is C19H12FN3O4. The van der Waals surface area contributed by atoms with Crippen molar-refractivity contribution in [1.29, 1.82) is 0 Å². The summed E-state index contributed by atoms with van der Waals surface area (Å²) < 4.78 is 13.3. The molecule has 3 rings (SSSR count). The van der Waals surface area contributed by atoms with Crippen LogP contribution in [-0.2, 0) is 4.84 Å². The standard InChI is InChI=1S/C19H12FN3O4/c20-16-3-1-2-15(12-16)19(24)27-22-18(14-8-10-21-11-9-14)13-4-6-17(7-5-13)23(25)26/h1-12H/b22-18+. The van der Waals surface area contributed by atoms with E-state index in [0.717, 1.165) is 6.07 Å². The fraction of sp³-hybridized carbons (Fsp3) is 0. The third-order valence-electron chi connectivity index (χ3n) is 3.59. The Labute approximate surface area is 152 Å². The summed E-state index contributed by atoms with van der Waals surface area (Å²) in [6, 6.07) is 14.0. The zero-order chi connectivity index (χ0) is 19.2. The van der Waals surface area contributed by atoms with Gasteiger partial charge in [0.1, 0.15) is 11.5 Å². The van der Waals surface area contributed by atoms with E-state index in [9.17, 15) is 19.3 Å². The van der Waals surface area contributed by atoms with Crippen LogP contribution >= 0.6 is 0 Å². The van der Waals surface area contributed by atoms with Gasteiger partial charge < -0.3 is 4.84 Å². The number of carbonyl (C=O) groups is 1. The fourth-order valence-electron chi connectivity index (χ4n) is 2.28. The number of halogens is 1. The number of non-ortho nitro benzene ring substituents is 1. The zero-order valence-corrected chi connectivity index (χ0v) is 13.8. The van der Waals surface area contributed by atoms with Gasteiger partial charge in [-0.05, 0) is 42.5 Å². The Kier molecular flexibility index (Phi) is 5.27. The third-order valence-corrected chi connectivity index (χ3v) is 3.59. The summed E-state index contributed by atoms with van der Waals surface area (Å²) in [6.07, 6.45) is 3.06. The second-order valence-electron chi connectivity index (χ2n) is 5.37. The first-order valence-corrected chi connectivity index (χ1v) is 7.75. The van der Waals surface area contributed by atoms with Gasteiger partial charge in [-0.2, -0.15) is 0 Å². The molecule has 0 atom stereocenters. The molecule has 2 aromatic carbocycles. The van der Waals surface area contributed by atoms with Crippen LogP contribution in [0.3, 0.4) is 0 Å². The number of hydrogen-bond acceptors (Lipinski definition) is 6. The molecule has 0 unspecified atom stereocenters. The van der Waals surface area contributed by atoms with Crippen molar-refractivity contribution in [2.45, 2.75) is 0 Å². The highest BCUT2D eigenvalue weighted by Gasteiger charge is 2.13. The van der Waals surface area contributed by atoms with Crippen LogP contribution in [0.5, 0.6) is 0 Å². The van der Waals surface area contributed by atoms with E-state index >= 15 is 0 Å². The van der Waals surface area contributed by atoms with Gasteiger partial charge in [0.25, 0.3) is 5.69 Å². The molecule has 1 heterocycles. The molecule has 0 spiro atoms. The van der Waals surface area contributed by atoms with E-state index in [1.165, 1.54) is 54.9 Å². The molecule has 0 aliphatic heterocycles. The molecule has 3 aromatic rings. The molecule has 0 saturated heterocycles. The molecule has 0 fully saturated rings. The van der Waals surface area contributed by atoms with Gasteiger partial charge in [0.05, 0.1) is 10.5 Å². The Morgan fingerprint density at radius 3 is 2.30 bits per heavy atom. The summed E-state index contributed by atoms with van der Waals surface area (Å²) >= 11 is 0. The number of nitrogens with zero attached hydrogens (tertiary/aromatic N) is 3. The van der Waals surface area contributed by atoms with Crippen LogP contribution in [0.4, 0.5) is 10.1 Å². The molecule has 0 amide bonds. The third kappa shape index (κ3) is 4.37. The molecule has 8 heteroatoms. The average Bonchev–Trinajstić information content (AvgIpc) is 2.69. The Hall–Kier alpha value is -3.94. The lowest BCUT2D eigenvalue weighted by atomic mass is 10.0. The van der Waals surface area contributed by atoms with Gasteiger partial charge in [0.2, 0.25) is 0 Å². The van der Waals surface area contributed by atoms with E-state index in [2.05, 4.69) is 10.1 Å². The molecule has 0 bridgehead atoms. The van der Waals surface area contributed by atoms with Crippen molar-refractivity contribution in [2.75, 3.05) is 0 Å². The molecule has 0 aliphatic rings.